The van der Waals surface area contributed by atoms with E-state index in [0.717, 1.165) is 31.0 Å². The summed E-state index contributed by atoms with van der Waals surface area (Å²) in [6.45, 7) is 12.6. The smallest absolute Gasteiger partial charge is 0.281 e. The molecule has 0 radical (unpaired) electrons. The number of allylic oxidation sites excluding steroid dienone is 1. The van der Waals surface area contributed by atoms with Gasteiger partial charge in [0.25, 0.3) is 12.3 Å². The Hall–Kier alpha value is -3.65. The number of methoxy groups -OCH3 is 1. The molecule has 1 aliphatic carbocycles. The molecule has 11 heteroatoms. The van der Waals surface area contributed by atoms with Crippen molar-refractivity contribution in [2.24, 2.45) is 16.6 Å². The summed E-state index contributed by atoms with van der Waals surface area (Å²) in [5.74, 6) is 6.13. The van der Waals surface area contributed by atoms with Crippen LogP contribution >= 0.6 is 11.8 Å². The molecule has 1 aromatic heterocycles. The zero-order chi connectivity index (χ0) is 30.5. The van der Waals surface area contributed by atoms with E-state index < -0.39 is 18.4 Å². The fourth-order valence-electron chi connectivity index (χ4n) is 3.97. The summed E-state index contributed by atoms with van der Waals surface area (Å²) in [6.07, 6.45) is 6.80. The highest BCUT2D eigenvalue weighted by molar-refractivity contribution is 8.26. The Balaban J connectivity index is 0.00000288. The summed E-state index contributed by atoms with van der Waals surface area (Å²) in [7, 11) is 1.42. The molecule has 4 N–H and O–H groups in total. The van der Waals surface area contributed by atoms with E-state index in [-0.39, 0.29) is 29.0 Å². The van der Waals surface area contributed by atoms with Gasteiger partial charge in [-0.05, 0) is 62.4 Å². The maximum absolute atomic E-state index is 13.7. The van der Waals surface area contributed by atoms with Crippen LogP contribution in [0.4, 0.5) is 14.6 Å². The normalized spacial score (nSPS) is 17.0. The van der Waals surface area contributed by atoms with Gasteiger partial charge in [0.05, 0.1) is 12.7 Å². The van der Waals surface area contributed by atoms with E-state index >= 15 is 0 Å². The van der Waals surface area contributed by atoms with Crippen molar-refractivity contribution < 1.29 is 19.7 Å². The molecule has 41 heavy (non-hydrogen) atoms. The van der Waals surface area contributed by atoms with Crippen molar-refractivity contribution >= 4 is 39.3 Å². The van der Waals surface area contributed by atoms with Crippen LogP contribution in [-0.4, -0.2) is 53.3 Å². The van der Waals surface area contributed by atoms with E-state index in [2.05, 4.69) is 38.6 Å². The quantitative estimate of drug-likeness (QED) is 0.129. The molecular weight excluding hydrogens is 546 g/mol. The number of hydrogen-bond donors (Lipinski definition) is 3. The average molecular weight is 589 g/mol. The number of nitrogens with one attached hydrogen (secondary N) is 2. The summed E-state index contributed by atoms with van der Waals surface area (Å²) >= 11 is 0.786. The number of amides is 1. The topological polar surface area (TPSA) is 117 Å². The fourth-order valence-corrected chi connectivity index (χ4v) is 4.42. The van der Waals surface area contributed by atoms with Gasteiger partial charge in [-0.15, -0.1) is 6.58 Å². The van der Waals surface area contributed by atoms with E-state index in [1.54, 1.807) is 6.07 Å². The molecule has 8 nitrogen and oxygen atoms in total. The van der Waals surface area contributed by atoms with Crippen LogP contribution in [0, 0.1) is 23.2 Å². The Labute approximate surface area is 247 Å². The minimum atomic E-state index is -2.69. The lowest BCUT2D eigenvalue weighted by Crippen LogP contribution is -2.35. The van der Waals surface area contributed by atoms with Crippen LogP contribution in [-0.2, 0) is 4.74 Å². The number of amidine groups is 1. The molecule has 1 aromatic rings. The van der Waals surface area contributed by atoms with Gasteiger partial charge in [-0.2, -0.15) is 4.99 Å². The lowest BCUT2D eigenvalue weighted by atomic mass is 9.95. The molecule has 2 aliphatic rings. The zero-order valence-electron chi connectivity index (χ0n) is 24.3. The number of aliphatic imine (C=N–C) groups is 1. The Morgan fingerprint density at radius 1 is 1.46 bits per heavy atom. The maximum atomic E-state index is 13.7. The van der Waals surface area contributed by atoms with Crippen LogP contribution in [0.3, 0.4) is 0 Å². The largest absolute Gasteiger partial charge is 0.495 e. The number of rotatable bonds is 10. The van der Waals surface area contributed by atoms with Crippen molar-refractivity contribution in [3.05, 3.63) is 54.1 Å². The highest BCUT2D eigenvalue weighted by Gasteiger charge is 2.28. The summed E-state index contributed by atoms with van der Waals surface area (Å²) in [5, 5.41) is 10.4. The van der Waals surface area contributed by atoms with Crippen LogP contribution < -0.4 is 16.0 Å². The number of nitrogens with zero attached hydrogens (tertiary/aromatic N) is 3. The van der Waals surface area contributed by atoms with E-state index in [9.17, 15) is 13.6 Å². The number of aromatic nitrogens is 1. The lowest BCUT2D eigenvalue weighted by Gasteiger charge is -2.30. The minimum absolute atomic E-state index is 0. The van der Waals surface area contributed by atoms with Crippen molar-refractivity contribution in [1.82, 2.24) is 10.3 Å². The molecular formula is C30H42F2N6O2S. The Morgan fingerprint density at radius 3 is 2.76 bits per heavy atom. The van der Waals surface area contributed by atoms with Crippen molar-refractivity contribution in [1.29, 1.82) is 5.41 Å². The second-order valence-electron chi connectivity index (χ2n) is 9.20. The molecule has 0 saturated heterocycles. The van der Waals surface area contributed by atoms with Gasteiger partial charge in [-0.1, -0.05) is 32.8 Å². The molecule has 3 rings (SSSR count). The summed E-state index contributed by atoms with van der Waals surface area (Å²) in [5.41, 5.74) is 6.67. The Morgan fingerprint density at radius 2 is 2.17 bits per heavy atom. The molecule has 1 saturated carbocycles. The summed E-state index contributed by atoms with van der Waals surface area (Å²) < 4.78 is 32.8. The average Bonchev–Trinajstić information content (AvgIpc) is 3.80. The number of ether oxygens (including phenoxy) is 1. The summed E-state index contributed by atoms with van der Waals surface area (Å²) in [6, 6.07) is 0.474. The highest BCUT2D eigenvalue weighted by atomic mass is 32.2. The molecule has 0 aromatic carbocycles. The number of pyridine rings is 1. The minimum Gasteiger partial charge on any atom is -0.495 e. The molecule has 2 heterocycles. The first-order chi connectivity index (χ1) is 19.7. The third-order valence-electron chi connectivity index (χ3n) is 6.10. The number of dihydropyridines is 1. The maximum Gasteiger partial charge on any atom is 0.281 e. The van der Waals surface area contributed by atoms with Crippen molar-refractivity contribution in [3.63, 3.8) is 0 Å². The molecule has 224 valence electrons. The van der Waals surface area contributed by atoms with Gasteiger partial charge in [-0.25, -0.2) is 13.8 Å². The lowest BCUT2D eigenvalue weighted by molar-refractivity contribution is 0.100. The molecule has 1 fully saturated rings. The SMILES string of the molecule is C=CC[C@@H](C)N(CCC)c1cc(C2=CC(C(F)F)NC=C2OC)c(C(=O)N=C(N)SC(=N)C#CC2CC2)cn1.CC.[HH]. The highest BCUT2D eigenvalue weighted by Crippen LogP contribution is 2.33. The van der Waals surface area contributed by atoms with E-state index in [1.165, 1.54) is 25.6 Å². The number of hydrogen-bond acceptors (Lipinski definition) is 7. The van der Waals surface area contributed by atoms with Crippen LogP contribution in [0.5, 0.6) is 0 Å². The second-order valence-corrected chi connectivity index (χ2v) is 10.2. The first-order valence-corrected chi connectivity index (χ1v) is 14.5. The molecule has 0 bridgehead atoms. The van der Waals surface area contributed by atoms with Gasteiger partial charge < -0.3 is 20.7 Å². The number of thioether (sulfide) groups is 1. The number of anilines is 1. The van der Waals surface area contributed by atoms with Gasteiger partial charge in [0, 0.05) is 43.5 Å². The Bertz CT molecular complexity index is 1250. The predicted octanol–water partition coefficient (Wildman–Crippen LogP) is 6.22. The molecule has 1 amide bonds. The van der Waals surface area contributed by atoms with Crippen LogP contribution in [0.2, 0.25) is 0 Å². The van der Waals surface area contributed by atoms with E-state index in [4.69, 9.17) is 15.9 Å². The monoisotopic (exact) mass is 588 g/mol. The fraction of sp³-hybridized carbons (Fsp3) is 0.467. The number of carbonyl (C=O) groups excluding carboxylic acids is 1. The van der Waals surface area contributed by atoms with Crippen LogP contribution in [0.1, 0.15) is 70.7 Å². The summed E-state index contributed by atoms with van der Waals surface area (Å²) in [4.78, 5) is 23.9. The first kappa shape index (κ1) is 33.6. The van der Waals surface area contributed by atoms with Gasteiger partial charge in [0.15, 0.2) is 5.17 Å². The van der Waals surface area contributed by atoms with Gasteiger partial charge in [0.1, 0.15) is 22.7 Å². The van der Waals surface area contributed by atoms with Gasteiger partial charge >= 0.3 is 0 Å². The predicted molar refractivity (Wildman–Crippen MR) is 167 cm³/mol. The molecule has 1 aliphatic heterocycles. The van der Waals surface area contributed by atoms with E-state index in [0.29, 0.717) is 35.8 Å². The zero-order valence-corrected chi connectivity index (χ0v) is 25.2. The van der Waals surface area contributed by atoms with Crippen molar-refractivity contribution in [2.45, 2.75) is 71.9 Å². The van der Waals surface area contributed by atoms with Crippen molar-refractivity contribution in [3.8, 4) is 11.8 Å². The van der Waals surface area contributed by atoms with E-state index in [1.807, 2.05) is 33.8 Å². The standard InChI is InChI=1S/C28H34F2N6O2S.C2H6.H2/c1-5-7-17(3)36(12-6-2)25-14-19(20-13-22(26(29)30)33-16-23(20)38-4)21(15-34-25)27(37)35-28(32)39-24(31)11-10-18-8-9-18;1-2;/h5,13-18,22,26,31,33H,1,6-9,12H2,2-4H3,(H2,32,35,37);1-2H3;1H/t17-,22?;;/m1../s1. The van der Waals surface area contributed by atoms with Gasteiger partial charge in [0.2, 0.25) is 0 Å². The number of carbonyl (C=O) groups is 1. The molecule has 0 spiro atoms. The number of nitrogens with two attached hydrogens (primary N) is 1. The third-order valence-corrected chi connectivity index (χ3v) is 6.71. The third kappa shape index (κ3) is 9.74. The Kier molecular flexibility index (Phi) is 13.6. The molecule has 1 unspecified atom stereocenters. The van der Waals surface area contributed by atoms with Crippen molar-refractivity contribution in [2.75, 3.05) is 18.6 Å². The van der Waals surface area contributed by atoms with Crippen LogP contribution in [0.25, 0.3) is 5.57 Å². The molecule has 2 atom stereocenters. The first-order valence-electron chi connectivity index (χ1n) is 13.7. The second kappa shape index (κ2) is 16.6. The van der Waals surface area contributed by atoms with Gasteiger partial charge in [-0.3, -0.25) is 10.2 Å². The van der Waals surface area contributed by atoms with Crippen LogP contribution in [0.15, 0.2) is 47.9 Å². The number of alkyl halides is 2. The number of halogens is 2.